The molecule has 0 saturated heterocycles. The average molecular weight is 515 g/mol. The molecule has 13 heteroatoms. The monoisotopic (exact) mass is 514 g/mol. The zero-order valence-corrected chi connectivity index (χ0v) is 19.3. The third kappa shape index (κ3) is 6.21. The molecule has 0 radical (unpaired) electrons. The Bertz CT molecular complexity index is 1400. The van der Waals surface area contributed by atoms with Gasteiger partial charge in [0.2, 0.25) is 0 Å². The molecule has 4 rings (SSSR count). The second-order valence-corrected chi connectivity index (χ2v) is 8.50. The Morgan fingerprint density at radius 1 is 1.17 bits per heavy atom. The predicted molar refractivity (Wildman–Crippen MR) is 125 cm³/mol. The van der Waals surface area contributed by atoms with Gasteiger partial charge in [-0.1, -0.05) is 41.0 Å². The number of carboxylic acid groups (broad SMARTS) is 1. The van der Waals surface area contributed by atoms with Crippen LogP contribution in [0.5, 0.6) is 0 Å². The number of carbonyl (C=O) groups excluding carboxylic acids is 1. The highest BCUT2D eigenvalue weighted by molar-refractivity contribution is 6.30. The highest BCUT2D eigenvalue weighted by Gasteiger charge is 2.27. The van der Waals surface area contributed by atoms with E-state index in [0.717, 1.165) is 5.56 Å². The molecular weight excluding hydrogens is 495 g/mol. The molecule has 2 atom stereocenters. The normalized spacial score (nSPS) is 12.7. The summed E-state index contributed by atoms with van der Waals surface area (Å²) in [6, 6.07) is 10.6. The van der Waals surface area contributed by atoms with Gasteiger partial charge in [0.05, 0.1) is 12.1 Å². The fourth-order valence-electron chi connectivity index (χ4n) is 3.78. The van der Waals surface area contributed by atoms with Gasteiger partial charge in [-0.3, -0.25) is 19.1 Å². The number of halogens is 2. The first-order valence-corrected chi connectivity index (χ1v) is 11.1. The van der Waals surface area contributed by atoms with Crippen molar-refractivity contribution >= 4 is 23.5 Å². The van der Waals surface area contributed by atoms with E-state index in [1.165, 1.54) is 24.4 Å². The van der Waals surface area contributed by atoms with Gasteiger partial charge in [0.15, 0.2) is 11.5 Å². The highest BCUT2D eigenvalue weighted by atomic mass is 35.5. The summed E-state index contributed by atoms with van der Waals surface area (Å²) in [6.07, 6.45) is 1.42. The van der Waals surface area contributed by atoms with Crippen LogP contribution in [0.2, 0.25) is 5.02 Å². The van der Waals surface area contributed by atoms with Crippen molar-refractivity contribution in [2.24, 2.45) is 5.92 Å². The predicted octanol–water partition coefficient (Wildman–Crippen LogP) is 2.62. The summed E-state index contributed by atoms with van der Waals surface area (Å²) in [4.78, 5) is 38.1. The first kappa shape index (κ1) is 24.8. The Morgan fingerprint density at radius 3 is 2.58 bits per heavy atom. The number of nitrogens with zero attached hydrogens (tertiary/aromatic N) is 3. The zero-order valence-electron chi connectivity index (χ0n) is 18.6. The topological polar surface area (TPSA) is 167 Å². The number of amides is 1. The maximum Gasteiger partial charge on any atom is 0.438 e. The number of nitrogens with one attached hydrogen (secondary N) is 3. The molecule has 0 aliphatic heterocycles. The first-order chi connectivity index (χ1) is 17.3. The van der Waals surface area contributed by atoms with Crippen molar-refractivity contribution in [3.8, 4) is 11.1 Å². The van der Waals surface area contributed by atoms with Crippen molar-refractivity contribution in [1.82, 2.24) is 30.9 Å². The van der Waals surface area contributed by atoms with Gasteiger partial charge in [-0.2, -0.15) is 15.4 Å². The molecule has 0 aliphatic rings. The van der Waals surface area contributed by atoms with E-state index in [2.05, 4.69) is 35.4 Å². The number of carbonyl (C=O) groups is 2. The van der Waals surface area contributed by atoms with E-state index in [-0.39, 0.29) is 30.8 Å². The van der Waals surface area contributed by atoms with Gasteiger partial charge < -0.3 is 10.4 Å². The number of benzene rings is 2. The van der Waals surface area contributed by atoms with E-state index < -0.39 is 35.4 Å². The summed E-state index contributed by atoms with van der Waals surface area (Å²) in [6.45, 7) is 0. The van der Waals surface area contributed by atoms with Crippen LogP contribution in [-0.4, -0.2) is 48.6 Å². The lowest BCUT2D eigenvalue weighted by Crippen LogP contribution is -2.39. The molecule has 2 heterocycles. The third-order valence-electron chi connectivity index (χ3n) is 5.50. The highest BCUT2D eigenvalue weighted by Crippen LogP contribution is 2.27. The molecule has 4 N–H and O–H groups in total. The average Bonchev–Trinajstić information content (AvgIpc) is 3.53. The summed E-state index contributed by atoms with van der Waals surface area (Å²) < 4.78 is 18.7. The van der Waals surface area contributed by atoms with E-state index in [1.54, 1.807) is 24.3 Å². The Kier molecular flexibility index (Phi) is 7.54. The van der Waals surface area contributed by atoms with Crippen molar-refractivity contribution in [1.29, 1.82) is 0 Å². The number of aliphatic carboxylic acids is 1. The Morgan fingerprint density at radius 2 is 1.94 bits per heavy atom. The first-order valence-electron chi connectivity index (χ1n) is 10.8. The quantitative estimate of drug-likeness (QED) is 0.250. The van der Waals surface area contributed by atoms with Crippen molar-refractivity contribution in [2.45, 2.75) is 25.3 Å². The number of rotatable bonds is 10. The molecular formula is C23H20ClFN6O5. The zero-order chi connectivity index (χ0) is 25.7. The molecule has 2 unspecified atom stereocenters. The maximum atomic E-state index is 14.2. The molecule has 0 bridgehead atoms. The summed E-state index contributed by atoms with van der Waals surface area (Å²) in [5.74, 6) is -3.78. The van der Waals surface area contributed by atoms with Crippen molar-refractivity contribution in [2.75, 3.05) is 0 Å². The minimum Gasteiger partial charge on any atom is -0.481 e. The second-order valence-electron chi connectivity index (χ2n) is 8.07. The van der Waals surface area contributed by atoms with Gasteiger partial charge in [0.25, 0.3) is 5.91 Å². The van der Waals surface area contributed by atoms with Crippen LogP contribution in [-0.2, 0) is 17.6 Å². The van der Waals surface area contributed by atoms with Crippen LogP contribution in [0.1, 0.15) is 28.3 Å². The van der Waals surface area contributed by atoms with Crippen LogP contribution < -0.4 is 11.1 Å². The van der Waals surface area contributed by atoms with E-state index in [4.69, 9.17) is 11.6 Å². The number of aromatic nitrogens is 5. The SMILES string of the molecule is O=C(NC(Cc1ccc(-c2cc(Cl)ccc2F)cc1)CC(Cc1noc(=O)[nH]1)C(=O)O)c1cn[nH]n1. The summed E-state index contributed by atoms with van der Waals surface area (Å²) in [7, 11) is 0. The smallest absolute Gasteiger partial charge is 0.438 e. The van der Waals surface area contributed by atoms with Crippen LogP contribution in [0.3, 0.4) is 0 Å². The Labute approximate surface area is 207 Å². The van der Waals surface area contributed by atoms with Crippen molar-refractivity contribution < 1.29 is 23.6 Å². The van der Waals surface area contributed by atoms with Gasteiger partial charge in [-0.15, -0.1) is 0 Å². The summed E-state index contributed by atoms with van der Waals surface area (Å²) in [5.41, 5.74) is 1.77. The molecule has 186 valence electrons. The van der Waals surface area contributed by atoms with E-state index >= 15 is 0 Å². The largest absolute Gasteiger partial charge is 0.481 e. The van der Waals surface area contributed by atoms with Gasteiger partial charge in [0, 0.05) is 23.0 Å². The van der Waals surface area contributed by atoms with E-state index in [1.807, 2.05) is 0 Å². The van der Waals surface area contributed by atoms with Gasteiger partial charge in [-0.05, 0) is 42.2 Å². The Hall–Kier alpha value is -4.32. The maximum absolute atomic E-state index is 14.2. The van der Waals surface area contributed by atoms with Crippen LogP contribution in [0.25, 0.3) is 11.1 Å². The van der Waals surface area contributed by atoms with Gasteiger partial charge >= 0.3 is 11.7 Å². The van der Waals surface area contributed by atoms with Crippen molar-refractivity contribution in [3.63, 3.8) is 0 Å². The molecule has 36 heavy (non-hydrogen) atoms. The molecule has 1 amide bonds. The molecule has 0 saturated carbocycles. The second kappa shape index (κ2) is 11.0. The summed E-state index contributed by atoms with van der Waals surface area (Å²) in [5, 5.41) is 26.2. The molecule has 0 fully saturated rings. The molecule has 0 aliphatic carbocycles. The molecule has 2 aromatic carbocycles. The number of aromatic amines is 2. The van der Waals surface area contributed by atoms with Gasteiger partial charge in [-0.25, -0.2) is 9.18 Å². The summed E-state index contributed by atoms with van der Waals surface area (Å²) >= 11 is 5.99. The lowest BCUT2D eigenvalue weighted by atomic mass is 9.91. The lowest BCUT2D eigenvalue weighted by Gasteiger charge is -2.22. The van der Waals surface area contributed by atoms with Crippen LogP contribution in [0.15, 0.2) is 58.0 Å². The molecule has 11 nitrogen and oxygen atoms in total. The minimum atomic E-state index is -1.13. The van der Waals surface area contributed by atoms with Gasteiger partial charge in [0.1, 0.15) is 5.82 Å². The minimum absolute atomic E-state index is 0.0124. The fraction of sp³-hybridized carbons (Fsp3) is 0.217. The number of carboxylic acids is 1. The van der Waals surface area contributed by atoms with Crippen LogP contribution in [0.4, 0.5) is 4.39 Å². The third-order valence-corrected chi connectivity index (χ3v) is 5.74. The number of hydrogen-bond donors (Lipinski definition) is 4. The standard InChI is InChI=1S/C23H20ClFN6O5/c24-15-5-6-18(25)17(10-15)13-3-1-12(2-4-13)7-16(27-21(32)19-11-26-31-29-19)8-14(22(33)34)9-20-28-23(35)36-30-20/h1-6,10-11,14,16H,7-9H2,(H,27,32)(H,33,34)(H,26,29,31)(H,28,30,35). The number of hydrogen-bond acceptors (Lipinski definition) is 7. The molecule has 4 aromatic rings. The van der Waals surface area contributed by atoms with Crippen LogP contribution in [0, 0.1) is 11.7 Å². The molecule has 2 aromatic heterocycles. The Balaban J connectivity index is 1.54. The van der Waals surface area contributed by atoms with E-state index in [0.29, 0.717) is 16.1 Å². The lowest BCUT2D eigenvalue weighted by molar-refractivity contribution is -0.142. The number of H-pyrrole nitrogens is 2. The molecule has 0 spiro atoms. The van der Waals surface area contributed by atoms with Crippen molar-refractivity contribution in [3.05, 3.63) is 87.1 Å². The fourth-order valence-corrected chi connectivity index (χ4v) is 3.96. The van der Waals surface area contributed by atoms with Crippen LogP contribution >= 0.6 is 11.6 Å². The van der Waals surface area contributed by atoms with E-state index in [9.17, 15) is 23.9 Å².